The lowest BCUT2D eigenvalue weighted by molar-refractivity contribution is 0.415. The number of hydrazone groups is 1. The van der Waals surface area contributed by atoms with E-state index in [0.717, 1.165) is 16.8 Å². The molecule has 1 heterocycles. The van der Waals surface area contributed by atoms with Crippen LogP contribution in [0.1, 0.15) is 5.56 Å². The first kappa shape index (κ1) is 16.8. The molecule has 0 bridgehead atoms. The molecule has 0 aliphatic heterocycles. The number of hydrogen-bond acceptors (Lipinski definition) is 5. The van der Waals surface area contributed by atoms with Gasteiger partial charge in [0, 0.05) is 10.9 Å². The Balaban J connectivity index is 1.70. The molecule has 3 rings (SSSR count). The Hall–Kier alpha value is -2.08. The SMILES string of the molecule is COc1c(Cl)cc(/C=N\Nc2nc(-c3ccccc3)cs2)cc1Cl. The van der Waals surface area contributed by atoms with E-state index >= 15 is 0 Å². The van der Waals surface area contributed by atoms with Crippen molar-refractivity contribution in [2.45, 2.75) is 0 Å². The van der Waals surface area contributed by atoms with Crippen molar-refractivity contribution in [1.82, 2.24) is 4.98 Å². The molecule has 3 aromatic rings. The molecule has 0 atom stereocenters. The molecular formula is C17H13Cl2N3OS. The number of thiazole rings is 1. The predicted octanol–water partition coefficient (Wildman–Crippen LogP) is 5.57. The van der Waals surface area contributed by atoms with E-state index in [1.165, 1.54) is 18.4 Å². The molecule has 7 heteroatoms. The molecular weight excluding hydrogens is 365 g/mol. The molecule has 2 aromatic carbocycles. The fourth-order valence-corrected chi connectivity index (χ4v) is 3.40. The van der Waals surface area contributed by atoms with Gasteiger partial charge >= 0.3 is 0 Å². The average Bonchev–Trinajstić information content (AvgIpc) is 3.04. The van der Waals surface area contributed by atoms with Crippen molar-refractivity contribution in [1.29, 1.82) is 0 Å². The van der Waals surface area contributed by atoms with Gasteiger partial charge in [-0.25, -0.2) is 4.98 Å². The molecule has 0 saturated carbocycles. The summed E-state index contributed by atoms with van der Waals surface area (Å²) in [5.74, 6) is 0.455. The van der Waals surface area contributed by atoms with Crippen molar-refractivity contribution >= 4 is 45.9 Å². The third-order valence-electron chi connectivity index (χ3n) is 3.17. The predicted molar refractivity (Wildman–Crippen MR) is 102 cm³/mol. The van der Waals surface area contributed by atoms with Crippen LogP contribution in [0.25, 0.3) is 11.3 Å². The number of ether oxygens (including phenoxy) is 1. The van der Waals surface area contributed by atoms with Crippen molar-refractivity contribution in [2.75, 3.05) is 12.5 Å². The van der Waals surface area contributed by atoms with Gasteiger partial charge in [-0.2, -0.15) is 5.10 Å². The molecule has 0 spiro atoms. The lowest BCUT2D eigenvalue weighted by Gasteiger charge is -2.06. The Morgan fingerprint density at radius 2 is 1.88 bits per heavy atom. The summed E-state index contributed by atoms with van der Waals surface area (Å²) in [6, 6.07) is 13.4. The van der Waals surface area contributed by atoms with Crippen LogP contribution in [0.5, 0.6) is 5.75 Å². The van der Waals surface area contributed by atoms with E-state index in [2.05, 4.69) is 15.5 Å². The van der Waals surface area contributed by atoms with E-state index in [1.54, 1.807) is 18.3 Å². The zero-order chi connectivity index (χ0) is 16.9. The lowest BCUT2D eigenvalue weighted by Crippen LogP contribution is -1.92. The number of aromatic nitrogens is 1. The van der Waals surface area contributed by atoms with Gasteiger partial charge in [0.05, 0.1) is 29.1 Å². The smallest absolute Gasteiger partial charge is 0.203 e. The quantitative estimate of drug-likeness (QED) is 0.466. The van der Waals surface area contributed by atoms with Gasteiger partial charge in [0.25, 0.3) is 0 Å². The van der Waals surface area contributed by atoms with Crippen LogP contribution >= 0.6 is 34.5 Å². The molecule has 122 valence electrons. The number of benzene rings is 2. The van der Waals surface area contributed by atoms with Crippen LogP contribution in [0.15, 0.2) is 52.9 Å². The van der Waals surface area contributed by atoms with E-state index in [4.69, 9.17) is 27.9 Å². The van der Waals surface area contributed by atoms with Crippen molar-refractivity contribution < 1.29 is 4.74 Å². The van der Waals surface area contributed by atoms with Crippen LogP contribution in [0, 0.1) is 0 Å². The average molecular weight is 378 g/mol. The Morgan fingerprint density at radius 1 is 1.17 bits per heavy atom. The zero-order valence-corrected chi connectivity index (χ0v) is 15.0. The molecule has 0 saturated heterocycles. The van der Waals surface area contributed by atoms with Crippen molar-refractivity contribution in [3.8, 4) is 17.0 Å². The van der Waals surface area contributed by atoms with Crippen molar-refractivity contribution in [3.05, 3.63) is 63.5 Å². The Labute approximate surface area is 153 Å². The first-order chi connectivity index (χ1) is 11.7. The number of rotatable bonds is 5. The maximum Gasteiger partial charge on any atom is 0.203 e. The highest BCUT2D eigenvalue weighted by Gasteiger charge is 2.07. The summed E-state index contributed by atoms with van der Waals surface area (Å²) in [6.07, 6.45) is 1.63. The summed E-state index contributed by atoms with van der Waals surface area (Å²) < 4.78 is 5.12. The minimum atomic E-state index is 0.437. The highest BCUT2D eigenvalue weighted by molar-refractivity contribution is 7.14. The molecule has 0 fully saturated rings. The minimum Gasteiger partial charge on any atom is -0.494 e. The third-order valence-corrected chi connectivity index (χ3v) is 4.48. The fourth-order valence-electron chi connectivity index (χ4n) is 2.08. The maximum atomic E-state index is 6.10. The zero-order valence-electron chi connectivity index (χ0n) is 12.7. The van der Waals surface area contributed by atoms with E-state index in [1.807, 2.05) is 35.7 Å². The van der Waals surface area contributed by atoms with Crippen LogP contribution in [0.2, 0.25) is 10.0 Å². The number of hydrogen-bond donors (Lipinski definition) is 1. The van der Waals surface area contributed by atoms with Gasteiger partial charge in [0.15, 0.2) is 5.75 Å². The second-order valence-corrected chi connectivity index (χ2v) is 6.46. The Morgan fingerprint density at radius 3 is 2.54 bits per heavy atom. The van der Waals surface area contributed by atoms with Gasteiger partial charge in [0.2, 0.25) is 5.13 Å². The van der Waals surface area contributed by atoms with Gasteiger partial charge in [-0.3, -0.25) is 5.43 Å². The van der Waals surface area contributed by atoms with Crippen LogP contribution < -0.4 is 10.2 Å². The molecule has 0 aliphatic rings. The van der Waals surface area contributed by atoms with E-state index < -0.39 is 0 Å². The highest BCUT2D eigenvalue weighted by atomic mass is 35.5. The fraction of sp³-hybridized carbons (Fsp3) is 0.0588. The van der Waals surface area contributed by atoms with Crippen molar-refractivity contribution in [2.24, 2.45) is 5.10 Å². The summed E-state index contributed by atoms with van der Waals surface area (Å²) in [4.78, 5) is 4.50. The molecule has 24 heavy (non-hydrogen) atoms. The van der Waals surface area contributed by atoms with Gasteiger partial charge in [-0.1, -0.05) is 53.5 Å². The first-order valence-electron chi connectivity index (χ1n) is 7.00. The summed E-state index contributed by atoms with van der Waals surface area (Å²) in [7, 11) is 1.52. The molecule has 1 N–H and O–H groups in total. The van der Waals surface area contributed by atoms with Crippen LogP contribution in [0.3, 0.4) is 0 Å². The largest absolute Gasteiger partial charge is 0.494 e. The Bertz CT molecular complexity index is 842. The number of anilines is 1. The topological polar surface area (TPSA) is 46.5 Å². The maximum absolute atomic E-state index is 6.10. The van der Waals surface area contributed by atoms with Crippen molar-refractivity contribution in [3.63, 3.8) is 0 Å². The highest BCUT2D eigenvalue weighted by Crippen LogP contribution is 2.33. The first-order valence-corrected chi connectivity index (χ1v) is 8.64. The number of nitrogens with one attached hydrogen (secondary N) is 1. The summed E-state index contributed by atoms with van der Waals surface area (Å²) in [5.41, 5.74) is 5.65. The molecule has 0 amide bonds. The summed E-state index contributed by atoms with van der Waals surface area (Å²) in [6.45, 7) is 0. The number of halogens is 2. The Kier molecular flexibility index (Phi) is 5.35. The molecule has 0 radical (unpaired) electrons. The molecule has 4 nitrogen and oxygen atoms in total. The molecule has 0 unspecified atom stereocenters. The summed E-state index contributed by atoms with van der Waals surface area (Å²) >= 11 is 13.7. The standard InChI is InChI=1S/C17H13Cl2N3OS/c1-23-16-13(18)7-11(8-14(16)19)9-20-22-17-21-15(10-24-17)12-5-3-2-4-6-12/h2-10H,1H3,(H,21,22)/b20-9-. The second kappa shape index (κ2) is 7.66. The van der Waals surface area contributed by atoms with Gasteiger partial charge < -0.3 is 4.74 Å². The number of methoxy groups -OCH3 is 1. The monoisotopic (exact) mass is 377 g/mol. The van der Waals surface area contributed by atoms with Gasteiger partial charge in [0.1, 0.15) is 0 Å². The normalized spacial score (nSPS) is 11.0. The van der Waals surface area contributed by atoms with E-state index in [-0.39, 0.29) is 0 Å². The van der Waals surface area contributed by atoms with Gasteiger partial charge in [-0.05, 0) is 17.7 Å². The summed E-state index contributed by atoms with van der Waals surface area (Å²) in [5, 5.41) is 7.73. The molecule has 0 aliphatic carbocycles. The van der Waals surface area contributed by atoms with E-state index in [0.29, 0.717) is 20.9 Å². The number of nitrogens with zero attached hydrogens (tertiary/aromatic N) is 2. The van der Waals surface area contributed by atoms with Crippen LogP contribution in [0.4, 0.5) is 5.13 Å². The third kappa shape index (κ3) is 3.87. The molecule has 1 aromatic heterocycles. The van der Waals surface area contributed by atoms with E-state index in [9.17, 15) is 0 Å². The van der Waals surface area contributed by atoms with Crippen LogP contribution in [-0.4, -0.2) is 18.3 Å². The second-order valence-electron chi connectivity index (χ2n) is 4.79. The van der Waals surface area contributed by atoms with Crippen LogP contribution in [-0.2, 0) is 0 Å². The minimum absolute atomic E-state index is 0.437. The van der Waals surface area contributed by atoms with Gasteiger partial charge in [-0.15, -0.1) is 11.3 Å². The lowest BCUT2D eigenvalue weighted by atomic mass is 10.2.